The van der Waals surface area contributed by atoms with Crippen LogP contribution in [0.4, 0.5) is 0 Å². The topological polar surface area (TPSA) is 21.7 Å². The number of piperidine rings is 1. The van der Waals surface area contributed by atoms with Crippen LogP contribution in [-0.2, 0) is 4.74 Å². The molecule has 3 heterocycles. The van der Waals surface area contributed by atoms with Gasteiger partial charge in [-0.3, -0.25) is 4.90 Å². The molecule has 3 aliphatic heterocycles. The molecule has 4 rings (SSSR count). The smallest absolute Gasteiger partial charge is 0.126 e. The van der Waals surface area contributed by atoms with Crippen molar-refractivity contribution in [2.75, 3.05) is 19.6 Å². The lowest BCUT2D eigenvalue weighted by Crippen LogP contribution is -2.50. The minimum absolute atomic E-state index is 0.0676. The summed E-state index contributed by atoms with van der Waals surface area (Å²) in [6.45, 7) is 9.80. The fourth-order valence-corrected chi connectivity index (χ4v) is 4.71. The quantitative estimate of drug-likeness (QED) is 0.690. The monoisotopic (exact) mass is 353 g/mol. The van der Waals surface area contributed by atoms with Crippen LogP contribution in [0.2, 0.25) is 0 Å². The fourth-order valence-electron chi connectivity index (χ4n) is 4.71. The van der Waals surface area contributed by atoms with E-state index in [9.17, 15) is 0 Å². The summed E-state index contributed by atoms with van der Waals surface area (Å²) >= 11 is 0. The van der Waals surface area contributed by atoms with Gasteiger partial charge in [-0.15, -0.1) is 0 Å². The lowest BCUT2D eigenvalue weighted by molar-refractivity contribution is -0.169. The van der Waals surface area contributed by atoms with Gasteiger partial charge in [-0.25, -0.2) is 0 Å². The van der Waals surface area contributed by atoms with E-state index < -0.39 is 0 Å². The normalized spacial score (nSPS) is 33.2. The van der Waals surface area contributed by atoms with Gasteiger partial charge >= 0.3 is 0 Å². The first-order valence-electron chi connectivity index (χ1n) is 10.2. The standard InChI is InChI=1S/C23H31NO2/c1-22(2)19-12-14-23(3,13-9-17-24-15-7-4-8-16-24)26-21(19)18-10-5-6-11-20(18)25-22/h5-6,10-11,19,21H,4,7-8,12,14-17H2,1-3H3/t19?,21-,23?/m0/s1. The second-order valence-electron chi connectivity index (χ2n) is 8.80. The Morgan fingerprint density at radius 1 is 1.12 bits per heavy atom. The van der Waals surface area contributed by atoms with Crippen LogP contribution in [0.15, 0.2) is 24.3 Å². The van der Waals surface area contributed by atoms with Crippen molar-refractivity contribution in [2.24, 2.45) is 5.92 Å². The summed E-state index contributed by atoms with van der Waals surface area (Å²) in [5, 5.41) is 0. The van der Waals surface area contributed by atoms with Gasteiger partial charge in [-0.05, 0) is 65.6 Å². The molecule has 0 amide bonds. The Morgan fingerprint density at radius 3 is 2.69 bits per heavy atom. The maximum Gasteiger partial charge on any atom is 0.126 e. The number of rotatable bonds is 1. The molecule has 3 heteroatoms. The highest BCUT2D eigenvalue weighted by Crippen LogP contribution is 2.52. The Labute approximate surface area is 158 Å². The van der Waals surface area contributed by atoms with E-state index in [1.54, 1.807) is 0 Å². The van der Waals surface area contributed by atoms with Crippen molar-refractivity contribution in [1.82, 2.24) is 4.90 Å². The summed E-state index contributed by atoms with van der Waals surface area (Å²) in [5.74, 6) is 8.24. The maximum atomic E-state index is 6.66. The molecule has 3 aliphatic rings. The average molecular weight is 354 g/mol. The van der Waals surface area contributed by atoms with Crippen molar-refractivity contribution in [3.05, 3.63) is 29.8 Å². The molecule has 140 valence electrons. The Kier molecular flexibility index (Phi) is 4.75. The molecule has 0 aliphatic carbocycles. The molecule has 1 aromatic rings. The van der Waals surface area contributed by atoms with E-state index in [1.165, 1.54) is 37.9 Å². The fraction of sp³-hybridized carbons (Fsp3) is 0.652. The lowest BCUT2D eigenvalue weighted by Gasteiger charge is -2.50. The molecular weight excluding hydrogens is 322 g/mol. The van der Waals surface area contributed by atoms with E-state index in [0.29, 0.717) is 5.92 Å². The molecule has 0 spiro atoms. The third kappa shape index (κ3) is 3.50. The molecule has 0 aromatic heterocycles. The number of hydrogen-bond donors (Lipinski definition) is 0. The van der Waals surface area contributed by atoms with Crippen LogP contribution in [0.1, 0.15) is 64.5 Å². The Balaban J connectivity index is 1.52. The average Bonchev–Trinajstić information content (AvgIpc) is 2.62. The molecular formula is C23H31NO2. The lowest BCUT2D eigenvalue weighted by atomic mass is 9.73. The first-order valence-corrected chi connectivity index (χ1v) is 10.2. The highest BCUT2D eigenvalue weighted by atomic mass is 16.5. The van der Waals surface area contributed by atoms with Crippen molar-refractivity contribution in [3.63, 3.8) is 0 Å². The Morgan fingerprint density at radius 2 is 1.88 bits per heavy atom. The first-order chi connectivity index (χ1) is 12.5. The number of hydrogen-bond acceptors (Lipinski definition) is 3. The third-order valence-electron chi connectivity index (χ3n) is 6.28. The summed E-state index contributed by atoms with van der Waals surface area (Å²) in [6, 6.07) is 8.32. The van der Waals surface area contributed by atoms with Gasteiger partial charge in [0, 0.05) is 11.5 Å². The van der Waals surface area contributed by atoms with Gasteiger partial charge in [0.1, 0.15) is 17.0 Å². The molecule has 1 aromatic carbocycles. The summed E-state index contributed by atoms with van der Waals surface area (Å²) in [7, 11) is 0. The van der Waals surface area contributed by atoms with Crippen molar-refractivity contribution < 1.29 is 9.47 Å². The van der Waals surface area contributed by atoms with Gasteiger partial charge in [-0.1, -0.05) is 36.5 Å². The molecule has 0 radical (unpaired) electrons. The predicted molar refractivity (Wildman–Crippen MR) is 104 cm³/mol. The largest absolute Gasteiger partial charge is 0.487 e. The second-order valence-corrected chi connectivity index (χ2v) is 8.80. The number of likely N-dealkylation sites (tertiary alicyclic amines) is 1. The van der Waals surface area contributed by atoms with E-state index in [2.05, 4.69) is 55.7 Å². The van der Waals surface area contributed by atoms with Gasteiger partial charge in [-0.2, -0.15) is 0 Å². The van der Waals surface area contributed by atoms with Crippen LogP contribution in [0.25, 0.3) is 0 Å². The minimum Gasteiger partial charge on any atom is -0.487 e. The number of benzene rings is 1. The van der Waals surface area contributed by atoms with Crippen LogP contribution in [0, 0.1) is 17.8 Å². The van der Waals surface area contributed by atoms with Crippen molar-refractivity contribution >= 4 is 0 Å². The Hall–Kier alpha value is -1.50. The van der Waals surface area contributed by atoms with E-state index in [0.717, 1.165) is 25.1 Å². The van der Waals surface area contributed by atoms with E-state index in [4.69, 9.17) is 9.47 Å². The zero-order chi connectivity index (χ0) is 18.2. The van der Waals surface area contributed by atoms with E-state index >= 15 is 0 Å². The molecule has 0 saturated carbocycles. The van der Waals surface area contributed by atoms with Crippen molar-refractivity contribution in [2.45, 2.75) is 70.2 Å². The molecule has 3 nitrogen and oxygen atoms in total. The molecule has 2 unspecified atom stereocenters. The molecule has 26 heavy (non-hydrogen) atoms. The van der Waals surface area contributed by atoms with Crippen LogP contribution in [0.3, 0.4) is 0 Å². The van der Waals surface area contributed by atoms with E-state index in [1.807, 2.05) is 6.07 Å². The van der Waals surface area contributed by atoms with Gasteiger partial charge in [0.15, 0.2) is 0 Å². The predicted octanol–water partition coefficient (Wildman–Crippen LogP) is 4.57. The summed E-state index contributed by atoms with van der Waals surface area (Å²) in [4.78, 5) is 2.47. The summed E-state index contributed by atoms with van der Waals surface area (Å²) in [5.41, 5.74) is 0.611. The van der Waals surface area contributed by atoms with Crippen LogP contribution in [-0.4, -0.2) is 35.7 Å². The number of ether oxygens (including phenoxy) is 2. The van der Waals surface area contributed by atoms with Crippen molar-refractivity contribution in [3.8, 4) is 17.6 Å². The van der Waals surface area contributed by atoms with Crippen LogP contribution in [0.5, 0.6) is 5.75 Å². The summed E-state index contributed by atoms with van der Waals surface area (Å²) < 4.78 is 13.0. The maximum absolute atomic E-state index is 6.66. The second kappa shape index (κ2) is 6.91. The van der Waals surface area contributed by atoms with Gasteiger partial charge in [0.05, 0.1) is 12.6 Å². The van der Waals surface area contributed by atoms with Gasteiger partial charge in [0.2, 0.25) is 0 Å². The minimum atomic E-state index is -0.364. The van der Waals surface area contributed by atoms with Crippen molar-refractivity contribution in [1.29, 1.82) is 0 Å². The summed E-state index contributed by atoms with van der Waals surface area (Å²) in [6.07, 6.45) is 6.11. The number of nitrogens with zero attached hydrogens (tertiary/aromatic N) is 1. The molecule has 2 fully saturated rings. The first kappa shape index (κ1) is 17.9. The van der Waals surface area contributed by atoms with Gasteiger partial charge < -0.3 is 9.47 Å². The number of para-hydroxylation sites is 1. The Bertz CT molecular complexity index is 710. The number of fused-ring (bicyclic) bond motifs is 3. The molecule has 0 bridgehead atoms. The highest BCUT2D eigenvalue weighted by molar-refractivity contribution is 5.39. The SMILES string of the molecule is CC1(C#CCN2CCCCC2)CCC2[C@@H](O1)c1ccccc1OC2(C)C. The molecule has 0 N–H and O–H groups in total. The van der Waals surface area contributed by atoms with E-state index in [-0.39, 0.29) is 17.3 Å². The van der Waals surface area contributed by atoms with Gasteiger partial charge in [0.25, 0.3) is 0 Å². The zero-order valence-electron chi connectivity index (χ0n) is 16.4. The third-order valence-corrected chi connectivity index (χ3v) is 6.28. The zero-order valence-corrected chi connectivity index (χ0v) is 16.4. The molecule has 2 saturated heterocycles. The van der Waals surface area contributed by atoms with Crippen LogP contribution < -0.4 is 4.74 Å². The molecule has 3 atom stereocenters. The highest BCUT2D eigenvalue weighted by Gasteiger charge is 2.49. The van der Waals surface area contributed by atoms with Crippen LogP contribution >= 0.6 is 0 Å².